The molecule has 0 radical (unpaired) electrons. The Hall–Kier alpha value is -2.95. The maximum Gasteiger partial charge on any atom is 0.255 e. The Morgan fingerprint density at radius 3 is 2.32 bits per heavy atom. The number of nitrogens with zero attached hydrogens (tertiary/aromatic N) is 1. The second-order valence-electron chi connectivity index (χ2n) is 4.98. The van der Waals surface area contributed by atoms with E-state index < -0.39 is 0 Å². The monoisotopic (exact) mass is 295 g/mol. The Morgan fingerprint density at radius 1 is 1.00 bits per heavy atom. The van der Waals surface area contributed by atoms with E-state index in [9.17, 15) is 9.59 Å². The fourth-order valence-corrected chi connectivity index (χ4v) is 1.79. The van der Waals surface area contributed by atoms with Crippen molar-refractivity contribution < 1.29 is 9.59 Å². The summed E-state index contributed by atoms with van der Waals surface area (Å²) in [5, 5.41) is 5.48. The van der Waals surface area contributed by atoms with E-state index in [4.69, 9.17) is 0 Å². The fourth-order valence-electron chi connectivity index (χ4n) is 1.79. The van der Waals surface area contributed by atoms with Gasteiger partial charge in [0.2, 0.25) is 5.91 Å². The molecule has 0 saturated carbocycles. The third-order valence-electron chi connectivity index (χ3n) is 2.75. The molecular formula is C17H17N3O2. The van der Waals surface area contributed by atoms with Gasteiger partial charge in [0.15, 0.2) is 0 Å². The molecule has 2 N–H and O–H groups in total. The molecule has 0 aliphatic heterocycles. The summed E-state index contributed by atoms with van der Waals surface area (Å²) in [4.78, 5) is 27.6. The zero-order valence-corrected chi connectivity index (χ0v) is 12.5. The van der Waals surface area contributed by atoms with Crippen LogP contribution < -0.4 is 10.6 Å². The van der Waals surface area contributed by atoms with E-state index in [1.807, 2.05) is 13.8 Å². The molecular weight excluding hydrogens is 278 g/mol. The number of hydrogen-bond donors (Lipinski definition) is 2. The fraction of sp³-hybridized carbons (Fsp3) is 0.118. The molecule has 0 fully saturated rings. The average Bonchev–Trinajstić information content (AvgIpc) is 2.48. The standard InChI is InChI=1S/C17H17N3O2/c1-12(2)10-16(21)19-14-7-5-13(6-8-14)17(22)20-15-4-3-9-18-11-15/h3-11H,1-2H3,(H,19,21)(H,20,22). The third-order valence-corrected chi connectivity index (χ3v) is 2.75. The molecule has 0 spiro atoms. The van der Waals surface area contributed by atoms with Crippen LogP contribution in [0.5, 0.6) is 0 Å². The molecule has 0 aliphatic rings. The normalized spacial score (nSPS) is 9.73. The molecule has 1 aromatic carbocycles. The number of rotatable bonds is 4. The summed E-state index contributed by atoms with van der Waals surface area (Å²) >= 11 is 0. The largest absolute Gasteiger partial charge is 0.323 e. The summed E-state index contributed by atoms with van der Waals surface area (Å²) in [6.45, 7) is 3.71. The van der Waals surface area contributed by atoms with Crippen molar-refractivity contribution in [2.24, 2.45) is 0 Å². The topological polar surface area (TPSA) is 71.1 Å². The molecule has 1 aromatic heterocycles. The minimum atomic E-state index is -0.227. The van der Waals surface area contributed by atoms with Crippen LogP contribution in [0.4, 0.5) is 11.4 Å². The minimum Gasteiger partial charge on any atom is -0.323 e. The van der Waals surface area contributed by atoms with Crippen LogP contribution >= 0.6 is 0 Å². The lowest BCUT2D eigenvalue weighted by molar-refractivity contribution is -0.111. The highest BCUT2D eigenvalue weighted by Gasteiger charge is 2.06. The Balaban J connectivity index is 2.01. The van der Waals surface area contributed by atoms with Crippen molar-refractivity contribution in [2.45, 2.75) is 13.8 Å². The van der Waals surface area contributed by atoms with Crippen molar-refractivity contribution in [2.75, 3.05) is 10.6 Å². The average molecular weight is 295 g/mol. The van der Waals surface area contributed by atoms with Gasteiger partial charge in [-0.1, -0.05) is 5.57 Å². The number of carbonyl (C=O) groups is 2. The van der Waals surface area contributed by atoms with Gasteiger partial charge >= 0.3 is 0 Å². The number of allylic oxidation sites excluding steroid dienone is 1. The number of nitrogens with one attached hydrogen (secondary N) is 2. The first-order valence-corrected chi connectivity index (χ1v) is 6.82. The van der Waals surface area contributed by atoms with Gasteiger partial charge in [-0.3, -0.25) is 14.6 Å². The smallest absolute Gasteiger partial charge is 0.255 e. The summed E-state index contributed by atoms with van der Waals surface area (Å²) in [5.41, 5.74) is 2.70. The van der Waals surface area contributed by atoms with Gasteiger partial charge in [-0.25, -0.2) is 0 Å². The third kappa shape index (κ3) is 4.56. The zero-order chi connectivity index (χ0) is 15.9. The van der Waals surface area contributed by atoms with Gasteiger partial charge in [-0.15, -0.1) is 0 Å². The van der Waals surface area contributed by atoms with E-state index in [1.54, 1.807) is 48.8 Å². The molecule has 0 saturated heterocycles. The van der Waals surface area contributed by atoms with Gasteiger partial charge in [0.25, 0.3) is 5.91 Å². The number of carbonyl (C=O) groups excluding carboxylic acids is 2. The van der Waals surface area contributed by atoms with Gasteiger partial charge in [0.1, 0.15) is 0 Å². The van der Waals surface area contributed by atoms with E-state index in [2.05, 4.69) is 15.6 Å². The number of amides is 2. The molecule has 1 heterocycles. The highest BCUT2D eigenvalue weighted by Crippen LogP contribution is 2.12. The summed E-state index contributed by atoms with van der Waals surface area (Å²) in [5.74, 6) is -0.414. The first kappa shape index (κ1) is 15.4. The molecule has 5 heteroatoms. The first-order valence-electron chi connectivity index (χ1n) is 6.82. The van der Waals surface area contributed by atoms with Crippen molar-refractivity contribution in [3.05, 3.63) is 66.0 Å². The molecule has 5 nitrogen and oxygen atoms in total. The lowest BCUT2D eigenvalue weighted by Gasteiger charge is -2.06. The van der Waals surface area contributed by atoms with E-state index >= 15 is 0 Å². The SMILES string of the molecule is CC(C)=CC(=O)Nc1ccc(C(=O)Nc2cccnc2)cc1. The minimum absolute atomic E-state index is 0.187. The summed E-state index contributed by atoms with van der Waals surface area (Å²) in [6.07, 6.45) is 4.73. The predicted octanol–water partition coefficient (Wildman–Crippen LogP) is 3.24. The predicted molar refractivity (Wildman–Crippen MR) is 86.7 cm³/mol. The van der Waals surface area contributed by atoms with E-state index in [0.29, 0.717) is 16.9 Å². The van der Waals surface area contributed by atoms with Gasteiger partial charge in [-0.2, -0.15) is 0 Å². The maximum atomic E-state index is 12.1. The van der Waals surface area contributed by atoms with Crippen molar-refractivity contribution in [1.82, 2.24) is 4.98 Å². The van der Waals surface area contributed by atoms with Crippen LogP contribution in [0.2, 0.25) is 0 Å². The van der Waals surface area contributed by atoms with E-state index in [-0.39, 0.29) is 11.8 Å². The number of benzene rings is 1. The molecule has 2 rings (SSSR count). The summed E-state index contributed by atoms with van der Waals surface area (Å²) < 4.78 is 0. The van der Waals surface area contributed by atoms with Crippen molar-refractivity contribution in [3.63, 3.8) is 0 Å². The van der Waals surface area contributed by atoms with Crippen LogP contribution in [0.1, 0.15) is 24.2 Å². The molecule has 0 atom stereocenters. The summed E-state index contributed by atoms with van der Waals surface area (Å²) in [6, 6.07) is 10.2. The van der Waals surface area contributed by atoms with Gasteiger partial charge in [-0.05, 0) is 50.2 Å². The highest BCUT2D eigenvalue weighted by molar-refractivity contribution is 6.05. The van der Waals surface area contributed by atoms with Gasteiger partial charge < -0.3 is 10.6 Å². The molecule has 0 bridgehead atoms. The lowest BCUT2D eigenvalue weighted by Crippen LogP contribution is -2.12. The van der Waals surface area contributed by atoms with Crippen LogP contribution in [-0.4, -0.2) is 16.8 Å². The Kier molecular flexibility index (Phi) is 5.03. The second-order valence-corrected chi connectivity index (χ2v) is 4.98. The molecule has 2 amide bonds. The zero-order valence-electron chi connectivity index (χ0n) is 12.5. The highest BCUT2D eigenvalue weighted by atomic mass is 16.2. The number of hydrogen-bond acceptors (Lipinski definition) is 3. The van der Waals surface area contributed by atoms with Crippen LogP contribution in [0.3, 0.4) is 0 Å². The van der Waals surface area contributed by atoms with Gasteiger partial charge in [0, 0.05) is 23.5 Å². The Morgan fingerprint density at radius 2 is 1.73 bits per heavy atom. The Labute approximate surface area is 129 Å². The molecule has 112 valence electrons. The van der Waals surface area contributed by atoms with Crippen LogP contribution in [0.15, 0.2) is 60.4 Å². The number of aromatic nitrogens is 1. The van der Waals surface area contributed by atoms with E-state index in [1.165, 1.54) is 6.08 Å². The van der Waals surface area contributed by atoms with E-state index in [0.717, 1.165) is 5.57 Å². The Bertz CT molecular complexity index is 688. The number of pyridine rings is 1. The van der Waals surface area contributed by atoms with Crippen LogP contribution in [0, 0.1) is 0 Å². The lowest BCUT2D eigenvalue weighted by atomic mass is 10.2. The molecule has 22 heavy (non-hydrogen) atoms. The number of anilines is 2. The van der Waals surface area contributed by atoms with Crippen molar-refractivity contribution >= 4 is 23.2 Å². The van der Waals surface area contributed by atoms with Crippen LogP contribution in [-0.2, 0) is 4.79 Å². The first-order chi connectivity index (χ1) is 10.5. The second kappa shape index (κ2) is 7.17. The van der Waals surface area contributed by atoms with Crippen LogP contribution in [0.25, 0.3) is 0 Å². The summed E-state index contributed by atoms with van der Waals surface area (Å²) in [7, 11) is 0. The maximum absolute atomic E-state index is 12.1. The molecule has 2 aromatic rings. The molecule has 0 aliphatic carbocycles. The quantitative estimate of drug-likeness (QED) is 0.851. The molecule has 0 unspecified atom stereocenters. The van der Waals surface area contributed by atoms with Crippen molar-refractivity contribution in [1.29, 1.82) is 0 Å². The van der Waals surface area contributed by atoms with Crippen molar-refractivity contribution in [3.8, 4) is 0 Å². The van der Waals surface area contributed by atoms with Gasteiger partial charge in [0.05, 0.1) is 11.9 Å².